The Kier molecular flexibility index (Phi) is 4.10. The van der Waals surface area contributed by atoms with E-state index in [4.69, 9.17) is 4.42 Å². The third-order valence-corrected chi connectivity index (χ3v) is 3.37. The molecule has 0 aliphatic rings. The van der Waals surface area contributed by atoms with Crippen LogP contribution < -0.4 is 10.6 Å². The van der Waals surface area contributed by atoms with Gasteiger partial charge >= 0.3 is 0 Å². The summed E-state index contributed by atoms with van der Waals surface area (Å²) in [6.45, 7) is 1.45. The molecule has 0 unspecified atom stereocenters. The maximum absolute atomic E-state index is 12.2. The lowest BCUT2D eigenvalue weighted by atomic mass is 10.1. The summed E-state index contributed by atoms with van der Waals surface area (Å²) in [6.07, 6.45) is 1.81. The van der Waals surface area contributed by atoms with Gasteiger partial charge in [-0.2, -0.15) is 0 Å². The van der Waals surface area contributed by atoms with Crippen LogP contribution in [0.4, 0.5) is 11.6 Å². The number of carbonyl (C=O) groups is 2. The van der Waals surface area contributed by atoms with Crippen molar-refractivity contribution in [1.82, 2.24) is 0 Å². The SMILES string of the molecule is CC(=O)Nc1cccc(CC(=O)Nc2occ3ccccc23)c1. The quantitative estimate of drug-likeness (QED) is 0.774. The fraction of sp³-hybridized carbons (Fsp3) is 0.111. The predicted octanol–water partition coefficient (Wildman–Crippen LogP) is 3.57. The van der Waals surface area contributed by atoms with E-state index in [2.05, 4.69) is 10.6 Å². The Morgan fingerprint density at radius 3 is 2.70 bits per heavy atom. The molecule has 3 rings (SSSR count). The number of amides is 2. The average Bonchev–Trinajstić information content (AvgIpc) is 2.90. The van der Waals surface area contributed by atoms with E-state index in [0.29, 0.717) is 11.6 Å². The second kappa shape index (κ2) is 6.36. The summed E-state index contributed by atoms with van der Waals surface area (Å²) in [5.41, 5.74) is 1.48. The first-order valence-corrected chi connectivity index (χ1v) is 7.24. The van der Waals surface area contributed by atoms with Gasteiger partial charge < -0.3 is 9.73 Å². The summed E-state index contributed by atoms with van der Waals surface area (Å²) >= 11 is 0. The van der Waals surface area contributed by atoms with Crippen LogP contribution in [-0.2, 0) is 16.0 Å². The molecule has 0 spiro atoms. The molecule has 0 aliphatic carbocycles. The Bertz CT molecular complexity index is 867. The lowest BCUT2D eigenvalue weighted by Gasteiger charge is -2.06. The summed E-state index contributed by atoms with van der Waals surface area (Å²) in [5, 5.41) is 7.29. The van der Waals surface area contributed by atoms with E-state index >= 15 is 0 Å². The van der Waals surface area contributed by atoms with Crippen LogP contribution >= 0.6 is 0 Å². The van der Waals surface area contributed by atoms with Gasteiger partial charge in [0.1, 0.15) is 6.26 Å². The number of benzene rings is 2. The molecule has 5 heteroatoms. The van der Waals surface area contributed by atoms with Gasteiger partial charge in [0.05, 0.1) is 6.42 Å². The van der Waals surface area contributed by atoms with Crippen molar-refractivity contribution in [3.05, 3.63) is 60.4 Å². The van der Waals surface area contributed by atoms with E-state index in [-0.39, 0.29) is 18.2 Å². The molecule has 2 aromatic carbocycles. The number of furan rings is 1. The van der Waals surface area contributed by atoms with Crippen LogP contribution in [0.3, 0.4) is 0 Å². The van der Waals surface area contributed by atoms with Crippen molar-refractivity contribution in [2.45, 2.75) is 13.3 Å². The van der Waals surface area contributed by atoms with Gasteiger partial charge in [-0.25, -0.2) is 0 Å². The molecular formula is C18H16N2O3. The van der Waals surface area contributed by atoms with Gasteiger partial charge in [0.15, 0.2) is 0 Å². The topological polar surface area (TPSA) is 71.3 Å². The van der Waals surface area contributed by atoms with E-state index in [1.54, 1.807) is 24.5 Å². The highest BCUT2D eigenvalue weighted by molar-refractivity contribution is 6.00. The summed E-state index contributed by atoms with van der Waals surface area (Å²) in [5.74, 6) is 0.127. The minimum absolute atomic E-state index is 0.145. The molecule has 0 bridgehead atoms. The number of hydrogen-bond donors (Lipinski definition) is 2. The van der Waals surface area contributed by atoms with E-state index in [9.17, 15) is 9.59 Å². The lowest BCUT2D eigenvalue weighted by molar-refractivity contribution is -0.116. The molecule has 0 saturated heterocycles. The zero-order valence-corrected chi connectivity index (χ0v) is 12.6. The molecule has 5 nitrogen and oxygen atoms in total. The van der Waals surface area contributed by atoms with Crippen LogP contribution in [0.15, 0.2) is 59.2 Å². The van der Waals surface area contributed by atoms with Gasteiger partial charge in [-0.05, 0) is 23.8 Å². The molecule has 2 N–H and O–H groups in total. The fourth-order valence-corrected chi connectivity index (χ4v) is 2.41. The summed E-state index contributed by atoms with van der Waals surface area (Å²) < 4.78 is 5.41. The molecule has 1 aromatic heterocycles. The highest BCUT2D eigenvalue weighted by atomic mass is 16.3. The summed E-state index contributed by atoms with van der Waals surface area (Å²) in [4.78, 5) is 23.3. The van der Waals surface area contributed by atoms with Crippen molar-refractivity contribution >= 4 is 34.2 Å². The van der Waals surface area contributed by atoms with Crippen LogP contribution in [-0.4, -0.2) is 11.8 Å². The first-order chi connectivity index (χ1) is 11.1. The third kappa shape index (κ3) is 3.58. The van der Waals surface area contributed by atoms with Crippen molar-refractivity contribution < 1.29 is 14.0 Å². The molecule has 0 radical (unpaired) electrons. The standard InChI is InChI=1S/C18H16N2O3/c1-12(21)19-15-7-4-5-13(9-15)10-17(22)20-18-16-8-3-2-6-14(16)11-23-18/h2-9,11H,10H2,1H3,(H,19,21)(H,20,22). The van der Waals surface area contributed by atoms with Crippen LogP contribution in [0, 0.1) is 0 Å². The molecule has 23 heavy (non-hydrogen) atoms. The first-order valence-electron chi connectivity index (χ1n) is 7.24. The van der Waals surface area contributed by atoms with Crippen LogP contribution in [0.1, 0.15) is 12.5 Å². The third-order valence-electron chi connectivity index (χ3n) is 3.37. The first kappa shape index (κ1) is 14.8. The molecule has 0 fully saturated rings. The molecule has 116 valence electrons. The predicted molar refractivity (Wildman–Crippen MR) is 89.3 cm³/mol. The van der Waals surface area contributed by atoms with Gasteiger partial charge in [-0.3, -0.25) is 14.9 Å². The van der Waals surface area contributed by atoms with Crippen molar-refractivity contribution in [2.24, 2.45) is 0 Å². The van der Waals surface area contributed by atoms with Gasteiger partial charge in [0, 0.05) is 23.4 Å². The summed E-state index contributed by atoms with van der Waals surface area (Å²) in [6, 6.07) is 14.8. The number of hydrogen-bond acceptors (Lipinski definition) is 3. The second-order valence-electron chi connectivity index (χ2n) is 5.26. The molecule has 3 aromatic rings. The Labute approximate surface area is 133 Å². The van der Waals surface area contributed by atoms with E-state index in [1.807, 2.05) is 30.3 Å². The van der Waals surface area contributed by atoms with Gasteiger partial charge in [0.2, 0.25) is 17.7 Å². The fourth-order valence-electron chi connectivity index (χ4n) is 2.41. The molecule has 2 amide bonds. The number of anilines is 2. The molecule has 0 atom stereocenters. The maximum Gasteiger partial charge on any atom is 0.231 e. The number of nitrogens with one attached hydrogen (secondary N) is 2. The van der Waals surface area contributed by atoms with E-state index in [1.165, 1.54) is 6.92 Å². The average molecular weight is 308 g/mol. The highest BCUT2D eigenvalue weighted by Crippen LogP contribution is 2.25. The Morgan fingerprint density at radius 2 is 1.87 bits per heavy atom. The van der Waals surface area contributed by atoms with Crippen LogP contribution in [0.5, 0.6) is 0 Å². The van der Waals surface area contributed by atoms with E-state index < -0.39 is 0 Å². The summed E-state index contributed by atoms with van der Waals surface area (Å²) in [7, 11) is 0. The second-order valence-corrected chi connectivity index (χ2v) is 5.26. The lowest BCUT2D eigenvalue weighted by Crippen LogP contribution is -2.14. The van der Waals surface area contributed by atoms with Crippen molar-refractivity contribution in [3.63, 3.8) is 0 Å². The number of fused-ring (bicyclic) bond motifs is 1. The normalized spacial score (nSPS) is 10.5. The van der Waals surface area contributed by atoms with Gasteiger partial charge in [-0.1, -0.05) is 30.3 Å². The minimum atomic E-state index is -0.176. The van der Waals surface area contributed by atoms with Gasteiger partial charge in [-0.15, -0.1) is 0 Å². The largest absolute Gasteiger partial charge is 0.447 e. The highest BCUT2D eigenvalue weighted by Gasteiger charge is 2.10. The minimum Gasteiger partial charge on any atom is -0.447 e. The zero-order valence-electron chi connectivity index (χ0n) is 12.6. The maximum atomic E-state index is 12.2. The number of rotatable bonds is 4. The van der Waals surface area contributed by atoms with Crippen LogP contribution in [0.2, 0.25) is 0 Å². The number of carbonyl (C=O) groups excluding carboxylic acids is 2. The molecule has 0 saturated carbocycles. The Balaban J connectivity index is 1.71. The molecule has 1 heterocycles. The monoisotopic (exact) mass is 308 g/mol. The van der Waals surface area contributed by atoms with Crippen LogP contribution in [0.25, 0.3) is 10.8 Å². The van der Waals surface area contributed by atoms with Gasteiger partial charge in [0.25, 0.3) is 0 Å². The van der Waals surface area contributed by atoms with E-state index in [0.717, 1.165) is 16.3 Å². The van der Waals surface area contributed by atoms with Crippen molar-refractivity contribution in [2.75, 3.05) is 10.6 Å². The molecule has 0 aliphatic heterocycles. The Hall–Kier alpha value is -3.08. The van der Waals surface area contributed by atoms with Crippen molar-refractivity contribution in [1.29, 1.82) is 0 Å². The zero-order chi connectivity index (χ0) is 16.2. The Morgan fingerprint density at radius 1 is 1.04 bits per heavy atom. The van der Waals surface area contributed by atoms with Crippen molar-refractivity contribution in [3.8, 4) is 0 Å². The smallest absolute Gasteiger partial charge is 0.231 e. The molecular weight excluding hydrogens is 292 g/mol.